The molecule has 2 unspecified atom stereocenters. The van der Waals surface area contributed by atoms with Crippen molar-refractivity contribution in [3.63, 3.8) is 0 Å². The van der Waals surface area contributed by atoms with Crippen LogP contribution in [0.25, 0.3) is 0 Å². The molecule has 1 saturated heterocycles. The maximum Gasteiger partial charge on any atom is 0.325 e. The molecule has 3 rings (SSSR count). The maximum atomic E-state index is 12.5. The fourth-order valence-corrected chi connectivity index (χ4v) is 4.75. The van der Waals surface area contributed by atoms with E-state index in [-0.39, 0.29) is 5.91 Å². The van der Waals surface area contributed by atoms with Crippen molar-refractivity contribution in [3.05, 3.63) is 34.3 Å². The number of carbonyl (C=O) groups excluding carboxylic acids is 2. The van der Waals surface area contributed by atoms with Crippen molar-refractivity contribution in [1.29, 1.82) is 0 Å². The van der Waals surface area contributed by atoms with Gasteiger partial charge in [-0.15, -0.1) is 0 Å². The molecule has 0 bridgehead atoms. The molecule has 0 aromatic heterocycles. The molecule has 3 amide bonds. The topological polar surface area (TPSA) is 65.0 Å². The van der Waals surface area contributed by atoms with Gasteiger partial charge in [0, 0.05) is 23.8 Å². The van der Waals surface area contributed by atoms with Crippen molar-refractivity contribution in [2.24, 2.45) is 10.9 Å². The van der Waals surface area contributed by atoms with E-state index in [1.165, 1.54) is 4.90 Å². The number of halogens is 1. The van der Waals surface area contributed by atoms with E-state index in [0.29, 0.717) is 12.5 Å². The minimum absolute atomic E-state index is 0.281. The Kier molecular flexibility index (Phi) is 5.92. The van der Waals surface area contributed by atoms with E-state index >= 15 is 0 Å². The number of urea groups is 1. The summed E-state index contributed by atoms with van der Waals surface area (Å²) in [6.07, 6.45) is 0.606. The van der Waals surface area contributed by atoms with Crippen molar-refractivity contribution < 1.29 is 9.59 Å². The lowest BCUT2D eigenvalue weighted by Crippen LogP contribution is -2.63. The fraction of sp³-hybridized carbons (Fsp3) is 0.500. The maximum absolute atomic E-state index is 12.5. The van der Waals surface area contributed by atoms with Crippen LogP contribution in [-0.4, -0.2) is 51.9 Å². The molecule has 1 fully saturated rings. The second-order valence-electron chi connectivity index (χ2n) is 6.96. The minimum Gasteiger partial charge on any atom is -0.331 e. The SMILES string of the molecule is CC(C)CCSC1=NC2C(C(=O)NC(=O)N2C)N1Cc1cccc(Br)c1. The van der Waals surface area contributed by atoms with Gasteiger partial charge < -0.3 is 9.80 Å². The Labute approximate surface area is 166 Å². The highest BCUT2D eigenvalue weighted by molar-refractivity contribution is 9.10. The molecule has 8 heteroatoms. The number of likely N-dealkylation sites (N-methyl/N-ethyl adjacent to an activating group) is 1. The van der Waals surface area contributed by atoms with Crippen LogP contribution >= 0.6 is 27.7 Å². The van der Waals surface area contributed by atoms with Gasteiger partial charge in [-0.25, -0.2) is 9.79 Å². The number of nitrogens with zero attached hydrogens (tertiary/aromatic N) is 3. The zero-order valence-electron chi connectivity index (χ0n) is 15.1. The molecule has 140 valence electrons. The number of aliphatic imine (C=N–C) groups is 1. The number of hydrogen-bond acceptors (Lipinski definition) is 5. The lowest BCUT2D eigenvalue weighted by Gasteiger charge is -2.36. The molecule has 2 heterocycles. The first-order valence-electron chi connectivity index (χ1n) is 8.66. The highest BCUT2D eigenvalue weighted by Gasteiger charge is 2.48. The van der Waals surface area contributed by atoms with Crippen LogP contribution in [0.2, 0.25) is 0 Å². The van der Waals surface area contributed by atoms with Gasteiger partial charge in [0.05, 0.1) is 0 Å². The highest BCUT2D eigenvalue weighted by atomic mass is 79.9. The van der Waals surface area contributed by atoms with Crippen molar-refractivity contribution >= 4 is 44.8 Å². The van der Waals surface area contributed by atoms with Gasteiger partial charge in [-0.05, 0) is 30.0 Å². The van der Waals surface area contributed by atoms with Gasteiger partial charge in [0.1, 0.15) is 0 Å². The normalized spacial score (nSPS) is 22.6. The van der Waals surface area contributed by atoms with Crippen LogP contribution in [0, 0.1) is 5.92 Å². The van der Waals surface area contributed by atoms with Crippen molar-refractivity contribution in [2.45, 2.75) is 39.0 Å². The van der Waals surface area contributed by atoms with E-state index < -0.39 is 18.2 Å². The summed E-state index contributed by atoms with van der Waals surface area (Å²) in [5.74, 6) is 1.26. The number of imide groups is 1. The summed E-state index contributed by atoms with van der Waals surface area (Å²) in [7, 11) is 1.68. The van der Waals surface area contributed by atoms with Gasteiger partial charge in [0.15, 0.2) is 17.4 Å². The number of thioether (sulfide) groups is 1. The largest absolute Gasteiger partial charge is 0.331 e. The zero-order valence-corrected chi connectivity index (χ0v) is 17.5. The lowest BCUT2D eigenvalue weighted by atomic mass is 10.1. The summed E-state index contributed by atoms with van der Waals surface area (Å²) in [4.78, 5) is 32.8. The quantitative estimate of drug-likeness (QED) is 0.765. The third-order valence-corrected chi connectivity index (χ3v) is 6.02. The standard InChI is InChI=1S/C18H23BrN4O2S/c1-11(2)7-8-26-18-20-15-14(16(24)21-17(25)22(15)3)23(18)10-12-5-4-6-13(19)9-12/h4-6,9,11,14-15H,7-8,10H2,1-3H3,(H,21,24,25). The molecule has 2 aliphatic heterocycles. The summed E-state index contributed by atoms with van der Waals surface area (Å²) in [6, 6.07) is 7.15. The molecule has 1 aromatic carbocycles. The molecule has 0 saturated carbocycles. The molecule has 2 aliphatic rings. The first-order chi connectivity index (χ1) is 12.4. The van der Waals surface area contributed by atoms with Crippen LogP contribution in [0.4, 0.5) is 4.79 Å². The van der Waals surface area contributed by atoms with E-state index in [4.69, 9.17) is 4.99 Å². The number of carbonyl (C=O) groups is 2. The summed E-state index contributed by atoms with van der Waals surface area (Å²) in [5, 5.41) is 3.27. The van der Waals surface area contributed by atoms with Crippen LogP contribution in [-0.2, 0) is 11.3 Å². The van der Waals surface area contributed by atoms with E-state index in [9.17, 15) is 9.59 Å². The molecular weight excluding hydrogens is 416 g/mol. The number of fused-ring (bicyclic) bond motifs is 1. The number of benzene rings is 1. The first kappa shape index (κ1) is 19.2. The van der Waals surface area contributed by atoms with Crippen LogP contribution in [0.5, 0.6) is 0 Å². The fourth-order valence-electron chi connectivity index (χ4n) is 3.00. The second-order valence-corrected chi connectivity index (χ2v) is 8.94. The molecule has 1 aromatic rings. The van der Waals surface area contributed by atoms with Gasteiger partial charge in [-0.3, -0.25) is 10.1 Å². The Bertz CT molecular complexity index is 740. The minimum atomic E-state index is -0.488. The molecular formula is C18H23BrN4O2S. The Morgan fingerprint density at radius 1 is 1.35 bits per heavy atom. The van der Waals surface area contributed by atoms with E-state index in [2.05, 4.69) is 35.1 Å². The monoisotopic (exact) mass is 438 g/mol. The third kappa shape index (κ3) is 4.06. The van der Waals surface area contributed by atoms with Crippen molar-refractivity contribution in [3.8, 4) is 0 Å². The Balaban J connectivity index is 1.85. The smallest absolute Gasteiger partial charge is 0.325 e. The van der Waals surface area contributed by atoms with Gasteiger partial charge >= 0.3 is 6.03 Å². The van der Waals surface area contributed by atoms with Crippen molar-refractivity contribution in [2.75, 3.05) is 12.8 Å². The summed E-state index contributed by atoms with van der Waals surface area (Å²) in [5.41, 5.74) is 1.09. The molecule has 0 spiro atoms. The average molecular weight is 439 g/mol. The molecule has 6 nitrogen and oxygen atoms in total. The molecule has 0 aliphatic carbocycles. The number of nitrogens with one attached hydrogen (secondary N) is 1. The number of hydrogen-bond donors (Lipinski definition) is 1. The van der Waals surface area contributed by atoms with E-state index in [1.54, 1.807) is 18.8 Å². The van der Waals surface area contributed by atoms with Crippen LogP contribution < -0.4 is 5.32 Å². The lowest BCUT2D eigenvalue weighted by molar-refractivity contribution is -0.127. The van der Waals surface area contributed by atoms with Gasteiger partial charge in [0.25, 0.3) is 5.91 Å². The van der Waals surface area contributed by atoms with Crippen LogP contribution in [0.15, 0.2) is 33.7 Å². The Morgan fingerprint density at radius 2 is 2.12 bits per heavy atom. The van der Waals surface area contributed by atoms with Crippen LogP contribution in [0.3, 0.4) is 0 Å². The third-order valence-electron chi connectivity index (χ3n) is 4.49. The highest BCUT2D eigenvalue weighted by Crippen LogP contribution is 2.31. The van der Waals surface area contributed by atoms with Gasteiger partial charge in [0.2, 0.25) is 0 Å². The van der Waals surface area contributed by atoms with E-state index in [1.807, 2.05) is 29.2 Å². The predicted molar refractivity (Wildman–Crippen MR) is 108 cm³/mol. The number of rotatable bonds is 5. The zero-order chi connectivity index (χ0) is 18.8. The van der Waals surface area contributed by atoms with Crippen molar-refractivity contribution in [1.82, 2.24) is 15.1 Å². The molecule has 2 atom stereocenters. The molecule has 26 heavy (non-hydrogen) atoms. The number of amides is 3. The predicted octanol–water partition coefficient (Wildman–Crippen LogP) is 3.28. The molecule has 0 radical (unpaired) electrons. The van der Waals surface area contributed by atoms with Gasteiger partial charge in [-0.1, -0.05) is 53.7 Å². The summed E-state index contributed by atoms with van der Waals surface area (Å²) < 4.78 is 0.997. The average Bonchev–Trinajstić information content (AvgIpc) is 2.92. The van der Waals surface area contributed by atoms with Crippen LogP contribution in [0.1, 0.15) is 25.8 Å². The summed E-state index contributed by atoms with van der Waals surface area (Å²) >= 11 is 5.16. The van der Waals surface area contributed by atoms with E-state index in [0.717, 1.165) is 27.4 Å². The Hall–Kier alpha value is -1.54. The Morgan fingerprint density at radius 3 is 2.81 bits per heavy atom. The second kappa shape index (κ2) is 8.00. The first-order valence-corrected chi connectivity index (χ1v) is 10.4. The molecule has 1 N–H and O–H groups in total. The summed E-state index contributed by atoms with van der Waals surface area (Å²) in [6.45, 7) is 4.95. The number of amidine groups is 1. The van der Waals surface area contributed by atoms with Gasteiger partial charge in [-0.2, -0.15) is 0 Å².